The van der Waals surface area contributed by atoms with Crippen LogP contribution in [0.1, 0.15) is 48.5 Å². The lowest BCUT2D eigenvalue weighted by molar-refractivity contribution is -0.139. The first-order chi connectivity index (χ1) is 18.8. The molecule has 4 aromatic rings. The summed E-state index contributed by atoms with van der Waals surface area (Å²) in [6.07, 6.45) is 1.67. The van der Waals surface area contributed by atoms with Gasteiger partial charge in [0, 0.05) is 17.2 Å². The van der Waals surface area contributed by atoms with E-state index >= 15 is 0 Å². The minimum atomic E-state index is -0.708. The summed E-state index contributed by atoms with van der Waals surface area (Å²) < 4.78 is 18.6. The van der Waals surface area contributed by atoms with Crippen molar-refractivity contribution in [2.75, 3.05) is 13.7 Å². The van der Waals surface area contributed by atoms with Crippen molar-refractivity contribution in [1.29, 1.82) is 0 Å². The van der Waals surface area contributed by atoms with E-state index in [0.29, 0.717) is 43.4 Å². The van der Waals surface area contributed by atoms with Gasteiger partial charge >= 0.3 is 5.97 Å². The number of ether oxygens (including phenoxy) is 2. The van der Waals surface area contributed by atoms with Gasteiger partial charge < -0.3 is 13.9 Å². The lowest BCUT2D eigenvalue weighted by Crippen LogP contribution is -2.39. The van der Waals surface area contributed by atoms with Gasteiger partial charge in [-0.25, -0.2) is 9.79 Å². The number of hydrogen-bond donors (Lipinski definition) is 0. The van der Waals surface area contributed by atoms with Gasteiger partial charge in [0.05, 0.1) is 35.6 Å². The molecule has 8 nitrogen and oxygen atoms in total. The van der Waals surface area contributed by atoms with Gasteiger partial charge in [-0.1, -0.05) is 47.7 Å². The maximum Gasteiger partial charge on any atom is 0.338 e. The van der Waals surface area contributed by atoms with Crippen LogP contribution in [0.4, 0.5) is 0 Å². The molecule has 0 amide bonds. The predicted molar refractivity (Wildman–Crippen MR) is 148 cm³/mol. The van der Waals surface area contributed by atoms with Gasteiger partial charge in [0.1, 0.15) is 17.3 Å². The van der Waals surface area contributed by atoms with Crippen molar-refractivity contribution >= 4 is 29.2 Å². The smallest absolute Gasteiger partial charge is 0.338 e. The average Bonchev–Trinajstić information content (AvgIpc) is 3.52. The third-order valence-corrected chi connectivity index (χ3v) is 7.41. The number of allylic oxidation sites excluding steroid dienone is 1. The molecule has 0 saturated carbocycles. The van der Waals surface area contributed by atoms with E-state index in [2.05, 4.69) is 4.99 Å². The SMILES string of the molecule is CCOC(=O)C1=C(C)N=c2s/c(=C/c3ccc(-c4ccc(C(C)=O)cc4)o3)c(=O)n2[C@H]1c1ccc(OC)cc1. The Bertz CT molecular complexity index is 1770. The molecule has 1 atom stereocenters. The number of benzene rings is 2. The molecule has 0 N–H and O–H groups in total. The number of thiazole rings is 1. The zero-order valence-corrected chi connectivity index (χ0v) is 22.7. The van der Waals surface area contributed by atoms with E-state index in [-0.39, 0.29) is 17.9 Å². The van der Waals surface area contributed by atoms with Gasteiger partial charge in [-0.05, 0) is 50.6 Å². The van der Waals surface area contributed by atoms with Gasteiger partial charge in [0.15, 0.2) is 10.6 Å². The molecule has 0 fully saturated rings. The summed E-state index contributed by atoms with van der Waals surface area (Å²) in [6.45, 7) is 5.21. The van der Waals surface area contributed by atoms with Crippen LogP contribution >= 0.6 is 11.3 Å². The van der Waals surface area contributed by atoms with E-state index < -0.39 is 12.0 Å². The molecule has 2 aromatic heterocycles. The van der Waals surface area contributed by atoms with Crippen LogP contribution in [0, 0.1) is 0 Å². The molecular formula is C30H26N2O6S. The van der Waals surface area contributed by atoms with Crippen LogP contribution in [0.25, 0.3) is 17.4 Å². The second-order valence-corrected chi connectivity index (χ2v) is 9.92. The molecule has 198 valence electrons. The fourth-order valence-corrected chi connectivity index (χ4v) is 5.50. The highest BCUT2D eigenvalue weighted by Crippen LogP contribution is 2.31. The second-order valence-electron chi connectivity index (χ2n) is 8.91. The Morgan fingerprint density at radius 2 is 1.79 bits per heavy atom. The second kappa shape index (κ2) is 10.7. The number of aromatic nitrogens is 1. The summed E-state index contributed by atoms with van der Waals surface area (Å²) >= 11 is 1.22. The third kappa shape index (κ3) is 5.00. The Morgan fingerprint density at radius 1 is 1.08 bits per heavy atom. The molecule has 39 heavy (non-hydrogen) atoms. The Morgan fingerprint density at radius 3 is 2.44 bits per heavy atom. The van der Waals surface area contributed by atoms with E-state index in [0.717, 1.165) is 11.1 Å². The van der Waals surface area contributed by atoms with Crippen molar-refractivity contribution in [3.05, 3.63) is 109 Å². The van der Waals surface area contributed by atoms with Crippen LogP contribution in [0.3, 0.4) is 0 Å². The highest BCUT2D eigenvalue weighted by molar-refractivity contribution is 7.07. The topological polar surface area (TPSA) is 100 Å². The monoisotopic (exact) mass is 542 g/mol. The molecule has 0 saturated heterocycles. The molecule has 1 aliphatic heterocycles. The number of esters is 1. The van der Waals surface area contributed by atoms with Gasteiger partial charge in [-0.3, -0.25) is 14.2 Å². The molecule has 1 aliphatic rings. The largest absolute Gasteiger partial charge is 0.497 e. The quantitative estimate of drug-likeness (QED) is 0.255. The number of Topliss-reactive ketones (excluding diaryl/α,β-unsaturated/α-hetero) is 1. The number of furan rings is 1. The van der Waals surface area contributed by atoms with Crippen LogP contribution in [-0.4, -0.2) is 30.0 Å². The fourth-order valence-electron chi connectivity index (χ4n) is 4.48. The van der Waals surface area contributed by atoms with Gasteiger partial charge in [0.2, 0.25) is 0 Å². The number of rotatable bonds is 7. The zero-order chi connectivity index (χ0) is 27.7. The summed E-state index contributed by atoms with van der Waals surface area (Å²) in [5, 5.41) is 0. The zero-order valence-electron chi connectivity index (χ0n) is 21.9. The van der Waals surface area contributed by atoms with Gasteiger partial charge in [-0.15, -0.1) is 0 Å². The summed E-state index contributed by atoms with van der Waals surface area (Å²) in [4.78, 5) is 43.4. The van der Waals surface area contributed by atoms with E-state index in [1.165, 1.54) is 22.8 Å². The van der Waals surface area contributed by atoms with Gasteiger partial charge in [-0.2, -0.15) is 0 Å². The Labute approximate surface area is 228 Å². The van der Waals surface area contributed by atoms with Crippen LogP contribution in [0.15, 0.2) is 86.1 Å². The van der Waals surface area contributed by atoms with Crippen LogP contribution in [-0.2, 0) is 9.53 Å². The molecule has 2 aromatic carbocycles. The molecule has 9 heteroatoms. The number of ketones is 1. The van der Waals surface area contributed by atoms with E-state index in [1.54, 1.807) is 57.4 Å². The Hall–Kier alpha value is -4.50. The first-order valence-corrected chi connectivity index (χ1v) is 13.2. The molecule has 0 radical (unpaired) electrons. The first kappa shape index (κ1) is 26.1. The van der Waals surface area contributed by atoms with Crippen LogP contribution in [0.5, 0.6) is 5.75 Å². The van der Waals surface area contributed by atoms with Crippen LogP contribution in [0.2, 0.25) is 0 Å². The minimum absolute atomic E-state index is 0.00801. The van der Waals surface area contributed by atoms with Crippen molar-refractivity contribution in [3.8, 4) is 17.1 Å². The molecule has 0 aliphatic carbocycles. The number of fused-ring (bicyclic) bond motifs is 1. The number of hydrogen-bond acceptors (Lipinski definition) is 8. The van der Waals surface area contributed by atoms with Crippen molar-refractivity contribution in [3.63, 3.8) is 0 Å². The highest BCUT2D eigenvalue weighted by Gasteiger charge is 2.33. The minimum Gasteiger partial charge on any atom is -0.497 e. The van der Waals surface area contributed by atoms with E-state index in [1.807, 2.05) is 30.3 Å². The van der Waals surface area contributed by atoms with Crippen molar-refractivity contribution in [2.24, 2.45) is 4.99 Å². The lowest BCUT2D eigenvalue weighted by Gasteiger charge is -2.24. The number of nitrogens with zero attached hydrogens (tertiary/aromatic N) is 2. The summed E-state index contributed by atoms with van der Waals surface area (Å²) in [7, 11) is 1.58. The first-order valence-electron chi connectivity index (χ1n) is 12.4. The lowest BCUT2D eigenvalue weighted by atomic mass is 9.96. The molecule has 0 bridgehead atoms. The normalized spacial score (nSPS) is 15.1. The average molecular weight is 543 g/mol. The molecule has 5 rings (SSSR count). The Kier molecular flexibility index (Phi) is 7.17. The maximum absolute atomic E-state index is 13.7. The third-order valence-electron chi connectivity index (χ3n) is 6.42. The fraction of sp³-hybridized carbons (Fsp3) is 0.200. The standard InChI is InChI=1S/C30H26N2O6S/c1-5-37-29(35)26-17(2)31-30-32(27(26)21-10-12-22(36-4)13-11-21)28(34)25(39-30)16-23-14-15-24(38-23)20-8-6-19(7-9-20)18(3)33/h6-16,27H,5H2,1-4H3/b25-16+/t27-/m0/s1. The highest BCUT2D eigenvalue weighted by atomic mass is 32.1. The van der Waals surface area contributed by atoms with Gasteiger partial charge in [0.25, 0.3) is 5.56 Å². The molecular weight excluding hydrogens is 516 g/mol. The molecule has 0 spiro atoms. The number of carbonyl (C=O) groups is 2. The summed E-state index contributed by atoms with van der Waals surface area (Å²) in [6, 6.07) is 17.3. The van der Waals surface area contributed by atoms with E-state index in [4.69, 9.17) is 13.9 Å². The Balaban J connectivity index is 1.59. The van der Waals surface area contributed by atoms with Crippen molar-refractivity contribution in [2.45, 2.75) is 26.8 Å². The molecule has 3 heterocycles. The van der Waals surface area contributed by atoms with E-state index in [9.17, 15) is 14.4 Å². The summed E-state index contributed by atoms with van der Waals surface area (Å²) in [5.41, 5.74) is 2.69. The van der Waals surface area contributed by atoms with Crippen molar-refractivity contribution < 1.29 is 23.5 Å². The predicted octanol–water partition coefficient (Wildman–Crippen LogP) is 4.27. The summed E-state index contributed by atoms with van der Waals surface area (Å²) in [5.74, 6) is 1.25. The van der Waals surface area contributed by atoms with Crippen molar-refractivity contribution in [1.82, 2.24) is 4.57 Å². The maximum atomic E-state index is 13.7. The number of carbonyl (C=O) groups excluding carboxylic acids is 2. The number of methoxy groups -OCH3 is 1. The van der Waals surface area contributed by atoms with Crippen LogP contribution < -0.4 is 19.6 Å². The molecule has 0 unspecified atom stereocenters.